The van der Waals surface area contributed by atoms with Gasteiger partial charge in [0.1, 0.15) is 11.2 Å². The minimum absolute atomic E-state index is 0.0675. The maximum absolute atomic E-state index is 8.79. The van der Waals surface area contributed by atoms with E-state index in [0.29, 0.717) is 38.8 Å². The Labute approximate surface area is 268 Å². The molecule has 44 heavy (non-hydrogen) atoms. The van der Waals surface area contributed by atoms with Crippen molar-refractivity contribution in [2.75, 3.05) is 0 Å². The first-order valence-corrected chi connectivity index (χ1v) is 13.7. The van der Waals surface area contributed by atoms with Crippen molar-refractivity contribution in [1.82, 2.24) is 19.5 Å². The molecule has 0 saturated heterocycles. The van der Waals surface area contributed by atoms with Crippen molar-refractivity contribution >= 4 is 43.7 Å². The molecule has 9 rings (SSSR count). The first-order chi connectivity index (χ1) is 26.3. The number of aromatic nitrogens is 4. The molecule has 0 amide bonds. The highest BCUT2D eigenvalue weighted by Crippen LogP contribution is 2.36. The van der Waals surface area contributed by atoms with Crippen LogP contribution < -0.4 is 0 Å². The van der Waals surface area contributed by atoms with E-state index in [9.17, 15) is 0 Å². The lowest BCUT2D eigenvalue weighted by Crippen LogP contribution is -2.00. The van der Waals surface area contributed by atoms with Gasteiger partial charge in [-0.2, -0.15) is 0 Å². The Morgan fingerprint density at radius 3 is 1.89 bits per heavy atom. The SMILES string of the molecule is [2H]c1cc([2H])c2c(c1[2H])c1c([2H])c([2H])cc([2H])c1n2-c1ccc2c(c1)oc1ccc(-c3nc(-c4ccccc4)nc(-c4c([2H])c([2H])c([2H])c([2H])c4[2H])n3)cc12. The van der Waals surface area contributed by atoms with E-state index < -0.39 is 30.2 Å². The lowest BCUT2D eigenvalue weighted by molar-refractivity contribution is 0.668. The average Bonchev–Trinajstić information content (AvgIpc) is 3.74. The molecule has 0 bridgehead atoms. The fourth-order valence-electron chi connectivity index (χ4n) is 5.51. The Balaban J connectivity index is 1.25. The highest BCUT2D eigenvalue weighted by Gasteiger charge is 2.16. The third kappa shape index (κ3) is 3.91. The quantitative estimate of drug-likeness (QED) is 0.210. The van der Waals surface area contributed by atoms with Gasteiger partial charge in [0.2, 0.25) is 0 Å². The summed E-state index contributed by atoms with van der Waals surface area (Å²) in [5.74, 6) is 0.349. The van der Waals surface area contributed by atoms with Crippen LogP contribution in [0.3, 0.4) is 0 Å². The molecular weight excluding hydrogens is 540 g/mol. The summed E-state index contributed by atoms with van der Waals surface area (Å²) in [6.45, 7) is 0. The molecule has 0 aliphatic heterocycles. The zero-order chi connectivity index (χ0) is 38.6. The van der Waals surface area contributed by atoms with E-state index in [1.807, 2.05) is 30.3 Å². The summed E-state index contributed by atoms with van der Waals surface area (Å²) in [4.78, 5) is 13.9. The van der Waals surface area contributed by atoms with E-state index in [0.717, 1.165) is 0 Å². The van der Waals surface area contributed by atoms with E-state index in [1.165, 1.54) is 12.1 Å². The maximum atomic E-state index is 8.79. The molecule has 0 atom stereocenters. The molecule has 0 spiro atoms. The molecule has 3 aromatic heterocycles. The molecule has 5 nitrogen and oxygen atoms in total. The second-order valence-electron chi connectivity index (χ2n) is 10.1. The Kier molecular flexibility index (Phi) is 3.54. The number of hydrogen-bond acceptors (Lipinski definition) is 4. The van der Waals surface area contributed by atoms with Gasteiger partial charge in [-0.05, 0) is 42.4 Å². The number of benzene rings is 6. The predicted molar refractivity (Wildman–Crippen MR) is 178 cm³/mol. The van der Waals surface area contributed by atoms with Crippen LogP contribution in [0.5, 0.6) is 0 Å². The molecule has 206 valence electrons. The van der Waals surface area contributed by atoms with Crippen LogP contribution in [-0.4, -0.2) is 19.5 Å². The van der Waals surface area contributed by atoms with E-state index in [4.69, 9.17) is 24.5 Å². The molecule has 0 N–H and O–H groups in total. The summed E-state index contributed by atoms with van der Waals surface area (Å²) < 4.78 is 101. The summed E-state index contributed by atoms with van der Waals surface area (Å²) in [5, 5.41) is 1.70. The van der Waals surface area contributed by atoms with E-state index in [1.54, 1.807) is 41.0 Å². The maximum Gasteiger partial charge on any atom is 0.164 e. The highest BCUT2D eigenvalue weighted by molar-refractivity contribution is 6.10. The second kappa shape index (κ2) is 9.75. The third-order valence-corrected chi connectivity index (χ3v) is 7.49. The number of para-hydroxylation sites is 2. The topological polar surface area (TPSA) is 56.7 Å². The minimum atomic E-state index is -0.526. The first kappa shape index (κ1) is 16.0. The molecule has 0 fully saturated rings. The molecule has 6 aromatic carbocycles. The van der Waals surface area contributed by atoms with Crippen LogP contribution in [0.25, 0.3) is 83.6 Å². The summed E-state index contributed by atoms with van der Waals surface area (Å²) >= 11 is 0. The van der Waals surface area contributed by atoms with Crippen LogP contribution >= 0.6 is 0 Å². The monoisotopic (exact) mass is 575 g/mol. The second-order valence-corrected chi connectivity index (χ2v) is 10.1. The molecule has 0 aliphatic rings. The van der Waals surface area contributed by atoms with Crippen LogP contribution in [0.1, 0.15) is 15.1 Å². The van der Waals surface area contributed by atoms with Gasteiger partial charge in [-0.1, -0.05) is 96.8 Å². The van der Waals surface area contributed by atoms with Crippen molar-refractivity contribution in [3.05, 3.63) is 145 Å². The van der Waals surface area contributed by atoms with Gasteiger partial charge in [0.15, 0.2) is 17.5 Å². The van der Waals surface area contributed by atoms with E-state index >= 15 is 0 Å². The van der Waals surface area contributed by atoms with Gasteiger partial charge < -0.3 is 8.98 Å². The Bertz CT molecular complexity index is 3030. The molecule has 0 saturated carbocycles. The van der Waals surface area contributed by atoms with Crippen molar-refractivity contribution in [3.8, 4) is 39.9 Å². The first-order valence-electron chi connectivity index (χ1n) is 19.2. The van der Waals surface area contributed by atoms with Crippen LogP contribution in [-0.2, 0) is 0 Å². The third-order valence-electron chi connectivity index (χ3n) is 7.49. The standard InChI is InChI=1S/C39H24N4O/c1-3-11-25(12-4-1)37-40-38(26-13-5-2-6-14-26)42-39(41-37)27-19-22-35-32(23-27)31-21-20-28(24-36(31)44-35)43-33-17-9-7-15-29(33)30-16-8-10-18-34(30)43/h1-24H/i1D,3D,4D,7D,8D,11D,12D,15D,16D,17D,18D. The summed E-state index contributed by atoms with van der Waals surface area (Å²) in [6, 6.07) is 18.8. The van der Waals surface area contributed by atoms with Crippen LogP contribution in [0, 0.1) is 0 Å². The number of hydrogen-bond donors (Lipinski definition) is 0. The van der Waals surface area contributed by atoms with Gasteiger partial charge >= 0.3 is 0 Å². The van der Waals surface area contributed by atoms with Crippen LogP contribution in [0.4, 0.5) is 0 Å². The fraction of sp³-hybridized carbons (Fsp3) is 0. The number of furan rings is 1. The molecule has 0 unspecified atom stereocenters. The summed E-state index contributed by atoms with van der Waals surface area (Å²) in [6.07, 6.45) is 0. The van der Waals surface area contributed by atoms with Crippen molar-refractivity contribution in [3.63, 3.8) is 0 Å². The van der Waals surface area contributed by atoms with E-state index in [-0.39, 0.29) is 81.1 Å². The van der Waals surface area contributed by atoms with Crippen LogP contribution in [0.2, 0.25) is 0 Å². The van der Waals surface area contributed by atoms with Gasteiger partial charge in [0.05, 0.1) is 26.1 Å². The normalized spacial score (nSPS) is 15.1. The minimum Gasteiger partial charge on any atom is -0.456 e. The molecular formula is C39H24N4O. The van der Waals surface area contributed by atoms with Gasteiger partial charge in [-0.3, -0.25) is 0 Å². The number of fused-ring (bicyclic) bond motifs is 6. The van der Waals surface area contributed by atoms with Gasteiger partial charge in [-0.15, -0.1) is 0 Å². The number of rotatable bonds is 4. The fourth-order valence-corrected chi connectivity index (χ4v) is 5.51. The molecule has 0 radical (unpaired) electrons. The summed E-state index contributed by atoms with van der Waals surface area (Å²) in [7, 11) is 0. The number of nitrogens with zero attached hydrogens (tertiary/aromatic N) is 4. The smallest absolute Gasteiger partial charge is 0.164 e. The summed E-state index contributed by atoms with van der Waals surface area (Å²) in [5.41, 5.74) is 2.94. The lowest BCUT2D eigenvalue weighted by atomic mass is 10.1. The van der Waals surface area contributed by atoms with Crippen molar-refractivity contribution in [2.24, 2.45) is 0 Å². The predicted octanol–water partition coefficient (Wildman–Crippen LogP) is 9.87. The average molecular weight is 576 g/mol. The van der Waals surface area contributed by atoms with Gasteiger partial charge in [0.25, 0.3) is 0 Å². The van der Waals surface area contributed by atoms with Crippen molar-refractivity contribution < 1.29 is 19.5 Å². The Morgan fingerprint density at radius 1 is 0.477 bits per heavy atom. The van der Waals surface area contributed by atoms with Gasteiger partial charge in [0, 0.05) is 50.0 Å². The Hall–Kier alpha value is -6.07. The van der Waals surface area contributed by atoms with Crippen molar-refractivity contribution in [2.45, 2.75) is 0 Å². The van der Waals surface area contributed by atoms with Crippen LogP contribution in [0.15, 0.2) is 150 Å². The Morgan fingerprint density at radius 2 is 1.16 bits per heavy atom. The molecule has 5 heteroatoms. The molecule has 0 aliphatic carbocycles. The van der Waals surface area contributed by atoms with Crippen molar-refractivity contribution in [1.29, 1.82) is 0 Å². The zero-order valence-corrected chi connectivity index (χ0v) is 22.7. The highest BCUT2D eigenvalue weighted by atomic mass is 16.3. The molecule has 9 aromatic rings. The largest absolute Gasteiger partial charge is 0.456 e. The zero-order valence-electron chi connectivity index (χ0n) is 33.7. The lowest BCUT2D eigenvalue weighted by Gasteiger charge is -2.08. The molecule has 3 heterocycles. The van der Waals surface area contributed by atoms with Gasteiger partial charge in [-0.25, -0.2) is 15.0 Å². The van der Waals surface area contributed by atoms with E-state index in [2.05, 4.69) is 9.97 Å².